The normalized spacial score (nSPS) is 9.85. The van der Waals surface area contributed by atoms with Gasteiger partial charge in [0.15, 0.2) is 0 Å². The zero-order valence-corrected chi connectivity index (χ0v) is 7.98. The number of rotatable bonds is 2. The molecule has 0 heterocycles. The molecular weight excluding hydrogens is 195 g/mol. The second kappa shape index (κ2) is 3.75. The fourth-order valence-corrected chi connectivity index (χ4v) is 1.18. The Morgan fingerprint density at radius 3 is 2.62 bits per heavy atom. The average molecular weight is 203 g/mol. The van der Waals surface area contributed by atoms with E-state index in [4.69, 9.17) is 16.3 Å². The number of ether oxygens (including phenoxy) is 1. The van der Waals surface area contributed by atoms with E-state index in [-0.39, 0.29) is 5.56 Å². The first kappa shape index (κ1) is 9.99. The maximum absolute atomic E-state index is 13.1. The summed E-state index contributed by atoms with van der Waals surface area (Å²) in [7, 11) is 1.43. The molecular formula is C9H8ClFO2. The van der Waals surface area contributed by atoms with Crippen LogP contribution in [0.3, 0.4) is 0 Å². The number of hydrogen-bond acceptors (Lipinski definition) is 2. The van der Waals surface area contributed by atoms with Gasteiger partial charge >= 0.3 is 0 Å². The first-order chi connectivity index (χ1) is 6.06. The molecule has 0 amide bonds. The molecule has 0 saturated heterocycles. The van der Waals surface area contributed by atoms with E-state index in [1.165, 1.54) is 13.2 Å². The lowest BCUT2D eigenvalue weighted by Gasteiger charge is -2.05. The molecule has 1 aromatic carbocycles. The highest BCUT2D eigenvalue weighted by molar-refractivity contribution is 6.67. The summed E-state index contributed by atoms with van der Waals surface area (Å²) >= 11 is 5.16. The van der Waals surface area contributed by atoms with Crippen LogP contribution in [-0.2, 0) is 0 Å². The van der Waals surface area contributed by atoms with E-state index in [0.29, 0.717) is 11.3 Å². The molecule has 0 unspecified atom stereocenters. The highest BCUT2D eigenvalue weighted by Crippen LogP contribution is 2.22. The van der Waals surface area contributed by atoms with Crippen LogP contribution in [0.1, 0.15) is 15.9 Å². The van der Waals surface area contributed by atoms with Gasteiger partial charge in [-0.15, -0.1) is 0 Å². The largest absolute Gasteiger partial charge is 0.496 e. The Balaban J connectivity index is 3.28. The van der Waals surface area contributed by atoms with E-state index in [2.05, 4.69) is 0 Å². The van der Waals surface area contributed by atoms with Crippen LogP contribution in [0.15, 0.2) is 12.1 Å². The lowest BCUT2D eigenvalue weighted by Crippen LogP contribution is -1.97. The topological polar surface area (TPSA) is 26.3 Å². The molecule has 70 valence electrons. The summed E-state index contributed by atoms with van der Waals surface area (Å²) in [6.07, 6.45) is 0. The van der Waals surface area contributed by atoms with Gasteiger partial charge in [0.25, 0.3) is 5.24 Å². The number of hydrogen-bond donors (Lipinski definition) is 0. The van der Waals surface area contributed by atoms with Crippen molar-refractivity contribution in [2.45, 2.75) is 6.92 Å². The Bertz CT molecular complexity index is 350. The molecule has 1 aromatic rings. The molecule has 0 radical (unpaired) electrons. The molecule has 0 spiro atoms. The minimum absolute atomic E-state index is 0.125. The summed E-state index contributed by atoms with van der Waals surface area (Å²) in [6.45, 7) is 1.71. The standard InChI is InChI=1S/C9H8ClFO2/c1-5-3-6(9(10)12)7(11)4-8(5)13-2/h3-4H,1-2H3. The predicted octanol–water partition coefficient (Wildman–Crippen LogP) is 2.52. The first-order valence-electron chi connectivity index (χ1n) is 3.60. The van der Waals surface area contributed by atoms with E-state index >= 15 is 0 Å². The molecule has 0 aromatic heterocycles. The third-order valence-electron chi connectivity index (χ3n) is 1.70. The van der Waals surface area contributed by atoms with Crippen LogP contribution in [0.4, 0.5) is 4.39 Å². The maximum Gasteiger partial charge on any atom is 0.255 e. The summed E-state index contributed by atoms with van der Waals surface area (Å²) in [5.41, 5.74) is 0.549. The fraction of sp³-hybridized carbons (Fsp3) is 0.222. The number of aryl methyl sites for hydroxylation is 1. The molecule has 2 nitrogen and oxygen atoms in total. The van der Waals surface area contributed by atoms with Gasteiger partial charge in [0, 0.05) is 6.07 Å². The minimum Gasteiger partial charge on any atom is -0.496 e. The van der Waals surface area contributed by atoms with Gasteiger partial charge in [-0.25, -0.2) is 4.39 Å². The van der Waals surface area contributed by atoms with Crippen LogP contribution in [0.5, 0.6) is 5.75 Å². The van der Waals surface area contributed by atoms with Crippen molar-refractivity contribution in [3.63, 3.8) is 0 Å². The molecule has 0 N–H and O–H groups in total. The molecule has 0 fully saturated rings. The van der Waals surface area contributed by atoms with Crippen molar-refractivity contribution < 1.29 is 13.9 Å². The van der Waals surface area contributed by atoms with Crippen LogP contribution in [0.25, 0.3) is 0 Å². The summed E-state index contributed by atoms with van der Waals surface area (Å²) in [6, 6.07) is 2.51. The molecule has 13 heavy (non-hydrogen) atoms. The molecule has 0 aliphatic rings. The Morgan fingerprint density at radius 1 is 1.54 bits per heavy atom. The fourth-order valence-electron chi connectivity index (χ4n) is 1.03. The Labute approximate surface area is 80.3 Å². The smallest absolute Gasteiger partial charge is 0.255 e. The van der Waals surface area contributed by atoms with Crippen LogP contribution in [0.2, 0.25) is 0 Å². The summed E-state index contributed by atoms with van der Waals surface area (Å²) in [4.78, 5) is 10.7. The average Bonchev–Trinajstić information content (AvgIpc) is 2.07. The molecule has 0 aliphatic carbocycles. The third kappa shape index (κ3) is 1.98. The number of carbonyl (C=O) groups excluding carboxylic acids is 1. The summed E-state index contributed by atoms with van der Waals surface area (Å²) in [5, 5.41) is -0.803. The van der Waals surface area contributed by atoms with E-state index in [1.54, 1.807) is 6.92 Å². The van der Waals surface area contributed by atoms with Crippen molar-refractivity contribution in [3.05, 3.63) is 29.1 Å². The van der Waals surface area contributed by atoms with Crippen molar-refractivity contribution >= 4 is 16.8 Å². The van der Waals surface area contributed by atoms with Crippen molar-refractivity contribution in [3.8, 4) is 5.75 Å². The Morgan fingerprint density at radius 2 is 2.15 bits per heavy atom. The number of carbonyl (C=O) groups is 1. The van der Waals surface area contributed by atoms with Crippen LogP contribution >= 0.6 is 11.6 Å². The van der Waals surface area contributed by atoms with Gasteiger partial charge in [0.05, 0.1) is 12.7 Å². The summed E-state index contributed by atoms with van der Waals surface area (Å²) < 4.78 is 17.9. The predicted molar refractivity (Wildman–Crippen MR) is 47.9 cm³/mol. The van der Waals surface area contributed by atoms with Gasteiger partial charge in [0.1, 0.15) is 11.6 Å². The molecule has 0 atom stereocenters. The van der Waals surface area contributed by atoms with Gasteiger partial charge in [-0.3, -0.25) is 4.79 Å². The highest BCUT2D eigenvalue weighted by Gasteiger charge is 2.12. The van der Waals surface area contributed by atoms with Crippen LogP contribution in [-0.4, -0.2) is 12.4 Å². The second-order valence-corrected chi connectivity index (χ2v) is 2.92. The highest BCUT2D eigenvalue weighted by atomic mass is 35.5. The van der Waals surface area contributed by atoms with Crippen molar-refractivity contribution in [2.24, 2.45) is 0 Å². The van der Waals surface area contributed by atoms with Gasteiger partial charge in [-0.05, 0) is 30.2 Å². The maximum atomic E-state index is 13.1. The number of methoxy groups -OCH3 is 1. The number of halogens is 2. The lowest BCUT2D eigenvalue weighted by molar-refractivity contribution is 0.107. The van der Waals surface area contributed by atoms with E-state index in [9.17, 15) is 9.18 Å². The zero-order valence-electron chi connectivity index (χ0n) is 7.23. The Kier molecular flexibility index (Phi) is 2.88. The van der Waals surface area contributed by atoms with Crippen LogP contribution < -0.4 is 4.74 Å². The van der Waals surface area contributed by atoms with E-state index in [0.717, 1.165) is 6.07 Å². The third-order valence-corrected chi connectivity index (χ3v) is 1.90. The van der Waals surface area contributed by atoms with Crippen molar-refractivity contribution in [1.82, 2.24) is 0 Å². The van der Waals surface area contributed by atoms with Crippen molar-refractivity contribution in [2.75, 3.05) is 7.11 Å². The molecule has 4 heteroatoms. The molecule has 0 saturated carbocycles. The second-order valence-electron chi connectivity index (χ2n) is 2.58. The monoisotopic (exact) mass is 202 g/mol. The van der Waals surface area contributed by atoms with E-state index < -0.39 is 11.1 Å². The van der Waals surface area contributed by atoms with Crippen LogP contribution in [0, 0.1) is 12.7 Å². The quantitative estimate of drug-likeness (QED) is 0.689. The van der Waals surface area contributed by atoms with E-state index in [1.807, 2.05) is 0 Å². The minimum atomic E-state index is -0.803. The summed E-state index contributed by atoms with van der Waals surface area (Å²) in [5.74, 6) is -0.262. The Hall–Kier alpha value is -1.09. The molecule has 0 aliphatic heterocycles. The van der Waals surface area contributed by atoms with Gasteiger partial charge < -0.3 is 4.74 Å². The molecule has 1 rings (SSSR count). The van der Waals surface area contributed by atoms with Crippen molar-refractivity contribution in [1.29, 1.82) is 0 Å². The SMILES string of the molecule is COc1cc(F)c(C(=O)Cl)cc1C. The zero-order chi connectivity index (χ0) is 10.0. The first-order valence-corrected chi connectivity index (χ1v) is 3.98. The van der Waals surface area contributed by atoms with Gasteiger partial charge in [-0.2, -0.15) is 0 Å². The lowest BCUT2D eigenvalue weighted by atomic mass is 10.1. The molecule has 0 bridgehead atoms. The van der Waals surface area contributed by atoms with Gasteiger partial charge in [-0.1, -0.05) is 0 Å². The van der Waals surface area contributed by atoms with Gasteiger partial charge in [0.2, 0.25) is 0 Å². The number of benzene rings is 1.